The number of hydrogen-bond donors (Lipinski definition) is 2. The Kier molecular flexibility index (Phi) is 3.93. The van der Waals surface area contributed by atoms with Crippen LogP contribution in [0.25, 0.3) is 0 Å². The van der Waals surface area contributed by atoms with E-state index < -0.39 is 15.3 Å². The Labute approximate surface area is 104 Å². The van der Waals surface area contributed by atoms with Gasteiger partial charge in [0, 0.05) is 0 Å². The Balaban J connectivity index is 3.09. The molecular weight excluding hydrogens is 273 g/mol. The molecule has 4 nitrogen and oxygen atoms in total. The summed E-state index contributed by atoms with van der Waals surface area (Å²) in [5.41, 5.74) is 0.224. The summed E-state index contributed by atoms with van der Waals surface area (Å²) in [5.74, 6) is -0.268. The van der Waals surface area contributed by atoms with E-state index in [9.17, 15) is 13.5 Å². The van der Waals surface area contributed by atoms with Crippen LogP contribution in [0.2, 0.25) is 10.0 Å². The number of sulfonamides is 1. The molecule has 0 aliphatic rings. The second-order valence-corrected chi connectivity index (χ2v) is 6.54. The maximum Gasteiger partial charge on any atom is 0.235 e. The van der Waals surface area contributed by atoms with E-state index in [0.29, 0.717) is 0 Å². The highest BCUT2D eigenvalue weighted by Crippen LogP contribution is 2.35. The molecule has 0 saturated carbocycles. The Bertz CT molecular complexity index is 476. The van der Waals surface area contributed by atoms with Crippen molar-refractivity contribution in [3.63, 3.8) is 0 Å². The van der Waals surface area contributed by atoms with Gasteiger partial charge in [0.25, 0.3) is 0 Å². The average molecular weight is 284 g/mol. The summed E-state index contributed by atoms with van der Waals surface area (Å²) >= 11 is 11.3. The van der Waals surface area contributed by atoms with E-state index in [-0.39, 0.29) is 21.5 Å². The predicted molar refractivity (Wildman–Crippen MR) is 65.8 cm³/mol. The summed E-state index contributed by atoms with van der Waals surface area (Å²) in [4.78, 5) is 0. The standard InChI is InChI=1S/C9H11Cl2NO3S/c1-5(2)16(14,15)12-6-3-7(10)9(13)8(11)4-6/h3-5,12-13H,1-2H3. The van der Waals surface area contributed by atoms with Crippen LogP contribution in [0.4, 0.5) is 5.69 Å². The summed E-state index contributed by atoms with van der Waals surface area (Å²) in [6, 6.07) is 2.59. The number of halogens is 2. The number of phenols is 1. The summed E-state index contributed by atoms with van der Waals surface area (Å²) in [6.45, 7) is 3.10. The highest BCUT2D eigenvalue weighted by molar-refractivity contribution is 7.93. The lowest BCUT2D eigenvalue weighted by molar-refractivity contribution is 0.476. The van der Waals surface area contributed by atoms with Crippen molar-refractivity contribution in [2.45, 2.75) is 19.1 Å². The first-order valence-corrected chi connectivity index (χ1v) is 6.74. The second-order valence-electron chi connectivity index (χ2n) is 3.48. The molecule has 16 heavy (non-hydrogen) atoms. The lowest BCUT2D eigenvalue weighted by atomic mass is 10.3. The normalized spacial score (nSPS) is 11.8. The van der Waals surface area contributed by atoms with Gasteiger partial charge in [0.1, 0.15) is 0 Å². The van der Waals surface area contributed by atoms with E-state index in [2.05, 4.69) is 4.72 Å². The van der Waals surface area contributed by atoms with E-state index in [1.807, 2.05) is 0 Å². The fourth-order valence-corrected chi connectivity index (χ4v) is 2.08. The molecule has 0 fully saturated rings. The molecule has 0 aliphatic carbocycles. The molecule has 0 bridgehead atoms. The van der Waals surface area contributed by atoms with Gasteiger partial charge in [-0.05, 0) is 26.0 Å². The zero-order valence-electron chi connectivity index (χ0n) is 8.66. The van der Waals surface area contributed by atoms with Crippen molar-refractivity contribution in [1.82, 2.24) is 0 Å². The van der Waals surface area contributed by atoms with Crippen LogP contribution in [0, 0.1) is 0 Å². The molecule has 0 saturated heterocycles. The first-order valence-electron chi connectivity index (χ1n) is 4.43. The second kappa shape index (κ2) is 4.69. The fourth-order valence-electron chi connectivity index (χ4n) is 0.907. The number of nitrogens with one attached hydrogen (secondary N) is 1. The molecule has 0 aliphatic heterocycles. The van der Waals surface area contributed by atoms with Crippen molar-refractivity contribution < 1.29 is 13.5 Å². The summed E-state index contributed by atoms with van der Waals surface area (Å²) in [7, 11) is -3.45. The molecule has 2 N–H and O–H groups in total. The number of aromatic hydroxyl groups is 1. The van der Waals surface area contributed by atoms with Crippen LogP contribution in [0.5, 0.6) is 5.75 Å². The van der Waals surface area contributed by atoms with Crippen molar-refractivity contribution in [3.05, 3.63) is 22.2 Å². The zero-order valence-corrected chi connectivity index (χ0v) is 11.0. The van der Waals surface area contributed by atoms with Crippen LogP contribution in [-0.2, 0) is 10.0 Å². The first-order chi connectivity index (χ1) is 7.24. The highest BCUT2D eigenvalue weighted by atomic mass is 35.5. The van der Waals surface area contributed by atoms with Gasteiger partial charge in [-0.2, -0.15) is 0 Å². The summed E-state index contributed by atoms with van der Waals surface area (Å²) in [6.07, 6.45) is 0. The third-order valence-corrected chi connectivity index (χ3v) is 4.24. The van der Waals surface area contributed by atoms with Crippen LogP contribution in [0.15, 0.2) is 12.1 Å². The quantitative estimate of drug-likeness (QED) is 0.839. The number of rotatable bonds is 3. The lowest BCUT2D eigenvalue weighted by Crippen LogP contribution is -2.22. The van der Waals surface area contributed by atoms with Crippen molar-refractivity contribution >= 4 is 38.9 Å². The maximum atomic E-state index is 11.5. The summed E-state index contributed by atoms with van der Waals surface area (Å²) < 4.78 is 25.4. The minimum atomic E-state index is -3.45. The molecule has 0 unspecified atom stereocenters. The van der Waals surface area contributed by atoms with Gasteiger partial charge in [-0.1, -0.05) is 23.2 Å². The molecule has 0 spiro atoms. The third kappa shape index (κ3) is 2.93. The van der Waals surface area contributed by atoms with Crippen molar-refractivity contribution in [3.8, 4) is 5.75 Å². The van der Waals surface area contributed by atoms with E-state index >= 15 is 0 Å². The SMILES string of the molecule is CC(C)S(=O)(=O)Nc1cc(Cl)c(O)c(Cl)c1. The van der Waals surface area contributed by atoms with Gasteiger partial charge in [0.15, 0.2) is 5.75 Å². The number of benzene rings is 1. The number of anilines is 1. The Morgan fingerprint density at radius 1 is 1.25 bits per heavy atom. The monoisotopic (exact) mass is 283 g/mol. The molecule has 1 rings (SSSR count). The molecule has 0 aromatic heterocycles. The minimum absolute atomic E-state index is 0.00560. The minimum Gasteiger partial charge on any atom is -0.505 e. The molecule has 1 aromatic rings. The maximum absolute atomic E-state index is 11.5. The van der Waals surface area contributed by atoms with E-state index in [0.717, 1.165) is 0 Å². The number of phenolic OH excluding ortho intramolecular Hbond substituents is 1. The van der Waals surface area contributed by atoms with Crippen LogP contribution in [0.3, 0.4) is 0 Å². The molecule has 0 amide bonds. The lowest BCUT2D eigenvalue weighted by Gasteiger charge is -2.11. The van der Waals surface area contributed by atoms with Crippen LogP contribution < -0.4 is 4.72 Å². The van der Waals surface area contributed by atoms with Crippen molar-refractivity contribution in [2.24, 2.45) is 0 Å². The Morgan fingerprint density at radius 3 is 2.06 bits per heavy atom. The number of hydrogen-bond acceptors (Lipinski definition) is 3. The predicted octanol–water partition coefficient (Wildman–Crippen LogP) is 2.85. The first kappa shape index (κ1) is 13.4. The molecule has 90 valence electrons. The van der Waals surface area contributed by atoms with Crippen molar-refractivity contribution in [2.75, 3.05) is 4.72 Å². The average Bonchev–Trinajstić information content (AvgIpc) is 2.13. The molecule has 1 aromatic carbocycles. The molecule has 0 radical (unpaired) electrons. The van der Waals surface area contributed by atoms with Crippen LogP contribution in [0.1, 0.15) is 13.8 Å². The smallest absolute Gasteiger partial charge is 0.235 e. The third-order valence-electron chi connectivity index (χ3n) is 1.90. The van der Waals surface area contributed by atoms with E-state index in [4.69, 9.17) is 23.2 Å². The molecule has 0 heterocycles. The van der Waals surface area contributed by atoms with E-state index in [1.165, 1.54) is 12.1 Å². The topological polar surface area (TPSA) is 66.4 Å². The van der Waals surface area contributed by atoms with Crippen LogP contribution in [-0.4, -0.2) is 18.8 Å². The molecular formula is C9H11Cl2NO3S. The van der Waals surface area contributed by atoms with Gasteiger partial charge in [-0.25, -0.2) is 8.42 Å². The van der Waals surface area contributed by atoms with Crippen LogP contribution >= 0.6 is 23.2 Å². The fraction of sp³-hybridized carbons (Fsp3) is 0.333. The van der Waals surface area contributed by atoms with Gasteiger partial charge in [0.05, 0.1) is 21.0 Å². The Morgan fingerprint density at radius 2 is 1.69 bits per heavy atom. The Hall–Kier alpha value is -0.650. The van der Waals surface area contributed by atoms with Crippen molar-refractivity contribution in [1.29, 1.82) is 0 Å². The molecule has 0 atom stereocenters. The van der Waals surface area contributed by atoms with Gasteiger partial charge in [-0.3, -0.25) is 4.72 Å². The zero-order chi connectivity index (χ0) is 12.5. The van der Waals surface area contributed by atoms with Gasteiger partial charge in [-0.15, -0.1) is 0 Å². The molecule has 7 heteroatoms. The van der Waals surface area contributed by atoms with Gasteiger partial charge >= 0.3 is 0 Å². The highest BCUT2D eigenvalue weighted by Gasteiger charge is 2.17. The van der Waals surface area contributed by atoms with E-state index in [1.54, 1.807) is 13.8 Å². The van der Waals surface area contributed by atoms with Gasteiger partial charge < -0.3 is 5.11 Å². The largest absolute Gasteiger partial charge is 0.505 e. The van der Waals surface area contributed by atoms with Gasteiger partial charge in [0.2, 0.25) is 10.0 Å². The summed E-state index contributed by atoms with van der Waals surface area (Å²) in [5, 5.41) is 8.72.